The van der Waals surface area contributed by atoms with Gasteiger partial charge in [0.05, 0.1) is 13.2 Å². The SMILES string of the molecule is N.O=C(O)C(=O)O.OCCNCCO. The van der Waals surface area contributed by atoms with E-state index in [4.69, 9.17) is 30.0 Å². The highest BCUT2D eigenvalue weighted by atomic mass is 16.4. The number of nitrogens with one attached hydrogen (secondary N) is 1. The van der Waals surface area contributed by atoms with Gasteiger partial charge in [-0.2, -0.15) is 0 Å². The van der Waals surface area contributed by atoms with Crippen molar-refractivity contribution in [3.05, 3.63) is 0 Å². The number of aliphatic hydroxyl groups is 2. The number of aliphatic carboxylic acids is 2. The molecule has 0 saturated heterocycles. The Hall–Kier alpha value is -1.22. The number of carboxylic acid groups (broad SMARTS) is 2. The summed E-state index contributed by atoms with van der Waals surface area (Å²) in [5.74, 6) is -3.65. The molecule has 0 fully saturated rings. The number of hydrogen-bond acceptors (Lipinski definition) is 6. The molecule has 14 heavy (non-hydrogen) atoms. The van der Waals surface area contributed by atoms with Gasteiger partial charge in [0.15, 0.2) is 0 Å². The fraction of sp³-hybridized carbons (Fsp3) is 0.667. The van der Waals surface area contributed by atoms with Crippen molar-refractivity contribution in [1.29, 1.82) is 0 Å². The maximum absolute atomic E-state index is 9.10. The van der Waals surface area contributed by atoms with Gasteiger partial charge in [0.25, 0.3) is 0 Å². The first-order valence-electron chi connectivity index (χ1n) is 3.45. The number of carbonyl (C=O) groups is 2. The van der Waals surface area contributed by atoms with E-state index < -0.39 is 11.9 Å². The Labute approximate surface area is 80.8 Å². The average molecular weight is 212 g/mol. The molecule has 0 spiro atoms. The second-order valence-electron chi connectivity index (χ2n) is 1.81. The first-order valence-corrected chi connectivity index (χ1v) is 3.45. The van der Waals surface area contributed by atoms with Crippen LogP contribution in [0.2, 0.25) is 0 Å². The third-order valence-corrected chi connectivity index (χ3v) is 0.760. The molecule has 0 aliphatic carbocycles. The minimum atomic E-state index is -1.82. The Morgan fingerprint density at radius 3 is 1.36 bits per heavy atom. The van der Waals surface area contributed by atoms with E-state index in [-0.39, 0.29) is 19.4 Å². The number of rotatable bonds is 4. The molecule has 0 atom stereocenters. The molecule has 0 bridgehead atoms. The zero-order valence-corrected chi connectivity index (χ0v) is 7.64. The van der Waals surface area contributed by atoms with E-state index in [1.807, 2.05) is 0 Å². The quantitative estimate of drug-likeness (QED) is 0.227. The normalized spacial score (nSPS) is 7.86. The molecule has 0 radical (unpaired) electrons. The number of hydrogen-bond donors (Lipinski definition) is 6. The lowest BCUT2D eigenvalue weighted by Gasteiger charge is -1.94. The van der Waals surface area contributed by atoms with Gasteiger partial charge in [0.2, 0.25) is 0 Å². The average Bonchev–Trinajstić information content (AvgIpc) is 2.06. The van der Waals surface area contributed by atoms with Gasteiger partial charge in [-0.3, -0.25) is 0 Å². The molecule has 0 rings (SSSR count). The zero-order valence-electron chi connectivity index (χ0n) is 7.64. The van der Waals surface area contributed by atoms with Crippen LogP contribution in [0.4, 0.5) is 0 Å². The number of carboxylic acids is 2. The van der Waals surface area contributed by atoms with Crippen LogP contribution in [0, 0.1) is 0 Å². The van der Waals surface area contributed by atoms with Crippen molar-refractivity contribution in [2.45, 2.75) is 0 Å². The summed E-state index contributed by atoms with van der Waals surface area (Å²) < 4.78 is 0. The highest BCUT2D eigenvalue weighted by Gasteiger charge is 2.04. The van der Waals surface area contributed by atoms with E-state index >= 15 is 0 Å². The molecule has 0 aromatic carbocycles. The summed E-state index contributed by atoms with van der Waals surface area (Å²) in [6, 6.07) is 0. The van der Waals surface area contributed by atoms with E-state index in [9.17, 15) is 0 Å². The molecule has 0 aliphatic rings. The first-order chi connectivity index (χ1) is 6.06. The van der Waals surface area contributed by atoms with Crippen LogP contribution in [0.15, 0.2) is 0 Å². The molecular formula is C6H16N2O6. The van der Waals surface area contributed by atoms with Crippen LogP contribution in [0.5, 0.6) is 0 Å². The smallest absolute Gasteiger partial charge is 0.414 e. The highest BCUT2D eigenvalue weighted by Crippen LogP contribution is 1.56. The Morgan fingerprint density at radius 1 is 0.929 bits per heavy atom. The van der Waals surface area contributed by atoms with Gasteiger partial charge in [-0.05, 0) is 0 Å². The monoisotopic (exact) mass is 212 g/mol. The molecule has 86 valence electrons. The minimum absolute atomic E-state index is 0. The van der Waals surface area contributed by atoms with Crippen LogP contribution in [0.1, 0.15) is 0 Å². The van der Waals surface area contributed by atoms with Crippen LogP contribution in [-0.2, 0) is 9.59 Å². The van der Waals surface area contributed by atoms with Gasteiger partial charge in [-0.25, -0.2) is 9.59 Å². The van der Waals surface area contributed by atoms with Gasteiger partial charge >= 0.3 is 11.9 Å². The van der Waals surface area contributed by atoms with Crippen molar-refractivity contribution in [2.24, 2.45) is 0 Å². The van der Waals surface area contributed by atoms with Crippen molar-refractivity contribution in [1.82, 2.24) is 11.5 Å². The van der Waals surface area contributed by atoms with Crippen molar-refractivity contribution >= 4 is 11.9 Å². The fourth-order valence-electron chi connectivity index (χ4n) is 0.283. The standard InChI is InChI=1S/C4H11NO2.C2H2O4.H3N/c6-3-1-5-2-4-7;3-1(4)2(5)6;/h5-7H,1-4H2;(H,3,4)(H,5,6);1H3. The van der Waals surface area contributed by atoms with Crippen molar-refractivity contribution in [3.63, 3.8) is 0 Å². The Morgan fingerprint density at radius 2 is 1.21 bits per heavy atom. The largest absolute Gasteiger partial charge is 0.473 e. The van der Waals surface area contributed by atoms with Crippen LogP contribution in [0.25, 0.3) is 0 Å². The van der Waals surface area contributed by atoms with Crippen molar-refractivity contribution < 1.29 is 30.0 Å². The molecule has 0 aromatic rings. The predicted molar refractivity (Wildman–Crippen MR) is 47.3 cm³/mol. The Balaban J connectivity index is -0.000000163. The van der Waals surface area contributed by atoms with Gasteiger partial charge in [0.1, 0.15) is 0 Å². The number of aliphatic hydroxyl groups excluding tert-OH is 2. The summed E-state index contributed by atoms with van der Waals surface area (Å²) in [5, 5.41) is 33.9. The van der Waals surface area contributed by atoms with E-state index in [0.717, 1.165) is 0 Å². The van der Waals surface area contributed by atoms with E-state index in [1.54, 1.807) is 0 Å². The first kappa shape index (κ1) is 18.5. The van der Waals surface area contributed by atoms with Crippen LogP contribution in [-0.4, -0.2) is 58.7 Å². The molecule has 8 nitrogen and oxygen atoms in total. The van der Waals surface area contributed by atoms with Crippen molar-refractivity contribution in [3.8, 4) is 0 Å². The van der Waals surface area contributed by atoms with Crippen LogP contribution < -0.4 is 11.5 Å². The maximum Gasteiger partial charge on any atom is 0.414 e. The lowest BCUT2D eigenvalue weighted by Crippen LogP contribution is -2.21. The van der Waals surface area contributed by atoms with E-state index in [0.29, 0.717) is 13.1 Å². The zero-order chi connectivity index (χ0) is 10.7. The van der Waals surface area contributed by atoms with Crippen LogP contribution in [0.3, 0.4) is 0 Å². The lowest BCUT2D eigenvalue weighted by molar-refractivity contribution is -0.159. The summed E-state index contributed by atoms with van der Waals surface area (Å²) in [6.07, 6.45) is 0. The predicted octanol–water partition coefficient (Wildman–Crippen LogP) is -2.12. The molecule has 0 heterocycles. The summed E-state index contributed by atoms with van der Waals surface area (Å²) >= 11 is 0. The van der Waals surface area contributed by atoms with Gasteiger partial charge in [0, 0.05) is 13.1 Å². The van der Waals surface area contributed by atoms with Crippen molar-refractivity contribution in [2.75, 3.05) is 26.3 Å². The molecular weight excluding hydrogens is 196 g/mol. The molecule has 0 amide bonds. The van der Waals surface area contributed by atoms with E-state index in [2.05, 4.69) is 5.32 Å². The molecule has 0 saturated carbocycles. The third kappa shape index (κ3) is 22.4. The third-order valence-electron chi connectivity index (χ3n) is 0.760. The second kappa shape index (κ2) is 14.3. The fourth-order valence-corrected chi connectivity index (χ4v) is 0.283. The Kier molecular flexibility index (Phi) is 19.0. The molecule has 0 aliphatic heterocycles. The summed E-state index contributed by atoms with van der Waals surface area (Å²) in [4.78, 5) is 18.2. The summed E-state index contributed by atoms with van der Waals surface area (Å²) in [5.41, 5.74) is 0. The molecule has 0 aromatic heterocycles. The maximum atomic E-state index is 9.10. The Bertz CT molecular complexity index is 135. The van der Waals surface area contributed by atoms with Gasteiger partial charge in [-0.15, -0.1) is 0 Å². The molecule has 0 unspecified atom stereocenters. The van der Waals surface area contributed by atoms with Gasteiger partial charge in [-0.1, -0.05) is 0 Å². The molecule has 8 heteroatoms. The minimum Gasteiger partial charge on any atom is -0.473 e. The van der Waals surface area contributed by atoms with Crippen LogP contribution >= 0.6 is 0 Å². The molecule has 8 N–H and O–H groups in total. The van der Waals surface area contributed by atoms with E-state index in [1.165, 1.54) is 0 Å². The summed E-state index contributed by atoms with van der Waals surface area (Å²) in [6.45, 7) is 1.42. The van der Waals surface area contributed by atoms with Gasteiger partial charge < -0.3 is 31.9 Å². The highest BCUT2D eigenvalue weighted by molar-refractivity contribution is 6.27. The second-order valence-corrected chi connectivity index (χ2v) is 1.81. The lowest BCUT2D eigenvalue weighted by atomic mass is 10.6. The summed E-state index contributed by atoms with van der Waals surface area (Å²) in [7, 11) is 0. The topological polar surface area (TPSA) is 162 Å².